The maximum absolute atomic E-state index is 11.7. The Morgan fingerprint density at radius 1 is 1.47 bits per heavy atom. The van der Waals surface area contributed by atoms with E-state index in [1.54, 1.807) is 6.92 Å². The molecular formula is C11H14N2O4. The fourth-order valence-corrected chi connectivity index (χ4v) is 2.13. The molecule has 6 nitrogen and oxygen atoms in total. The van der Waals surface area contributed by atoms with E-state index in [1.807, 2.05) is 0 Å². The van der Waals surface area contributed by atoms with E-state index < -0.39 is 11.9 Å². The summed E-state index contributed by atoms with van der Waals surface area (Å²) >= 11 is 0. The van der Waals surface area contributed by atoms with Crippen molar-refractivity contribution >= 4 is 11.9 Å². The van der Waals surface area contributed by atoms with E-state index in [0.717, 1.165) is 30.5 Å². The minimum atomic E-state index is -0.961. The van der Waals surface area contributed by atoms with Crippen LogP contribution in [0.15, 0.2) is 0 Å². The average molecular weight is 238 g/mol. The number of carboxylic acid groups (broad SMARTS) is 1. The lowest BCUT2D eigenvalue weighted by molar-refractivity contribution is -0.137. The van der Waals surface area contributed by atoms with Crippen LogP contribution in [0.1, 0.15) is 35.1 Å². The third-order valence-corrected chi connectivity index (χ3v) is 2.76. The standard InChI is InChI=1S/C11H14N2O4/c1-2-17-11(16)10-7-4-3-5-8(7)13(12-10)6-9(14)15/h2-6H2,1H3,(H,14,15). The monoisotopic (exact) mass is 238 g/mol. The van der Waals surface area contributed by atoms with Gasteiger partial charge in [0.15, 0.2) is 5.69 Å². The molecule has 0 fully saturated rings. The number of aliphatic carboxylic acids is 1. The molecule has 1 aromatic heterocycles. The van der Waals surface area contributed by atoms with E-state index >= 15 is 0 Å². The first-order valence-electron chi connectivity index (χ1n) is 5.61. The smallest absolute Gasteiger partial charge is 0.359 e. The lowest BCUT2D eigenvalue weighted by atomic mass is 10.2. The molecule has 0 saturated heterocycles. The minimum Gasteiger partial charge on any atom is -0.480 e. The number of aromatic nitrogens is 2. The molecule has 1 N–H and O–H groups in total. The molecule has 0 amide bonds. The van der Waals surface area contributed by atoms with Crippen LogP contribution >= 0.6 is 0 Å². The van der Waals surface area contributed by atoms with E-state index in [0.29, 0.717) is 6.61 Å². The second-order valence-corrected chi connectivity index (χ2v) is 3.90. The topological polar surface area (TPSA) is 81.4 Å². The first-order valence-corrected chi connectivity index (χ1v) is 5.61. The first kappa shape index (κ1) is 11.6. The summed E-state index contributed by atoms with van der Waals surface area (Å²) in [7, 11) is 0. The number of ether oxygens (including phenoxy) is 1. The van der Waals surface area contributed by atoms with Crippen LogP contribution in [0.25, 0.3) is 0 Å². The molecule has 0 unspecified atom stereocenters. The number of esters is 1. The number of hydrogen-bond acceptors (Lipinski definition) is 4. The summed E-state index contributed by atoms with van der Waals surface area (Å²) in [5.74, 6) is -1.42. The summed E-state index contributed by atoms with van der Waals surface area (Å²) in [6.45, 7) is 1.81. The molecular weight excluding hydrogens is 224 g/mol. The number of rotatable bonds is 4. The molecule has 1 aliphatic rings. The fourth-order valence-electron chi connectivity index (χ4n) is 2.13. The van der Waals surface area contributed by atoms with Gasteiger partial charge in [-0.15, -0.1) is 0 Å². The van der Waals surface area contributed by atoms with Crippen molar-refractivity contribution in [2.24, 2.45) is 0 Å². The second-order valence-electron chi connectivity index (χ2n) is 3.90. The van der Waals surface area contributed by atoms with Crippen molar-refractivity contribution in [3.8, 4) is 0 Å². The first-order chi connectivity index (χ1) is 8.13. The Balaban J connectivity index is 2.34. The fraction of sp³-hybridized carbons (Fsp3) is 0.545. The van der Waals surface area contributed by atoms with Crippen molar-refractivity contribution in [1.82, 2.24) is 9.78 Å². The van der Waals surface area contributed by atoms with Gasteiger partial charge in [-0.25, -0.2) is 4.79 Å². The van der Waals surface area contributed by atoms with Gasteiger partial charge in [0.1, 0.15) is 6.54 Å². The van der Waals surface area contributed by atoms with Gasteiger partial charge in [0, 0.05) is 11.3 Å². The van der Waals surface area contributed by atoms with Crippen LogP contribution in [-0.2, 0) is 28.9 Å². The number of nitrogens with zero attached hydrogens (tertiary/aromatic N) is 2. The number of fused-ring (bicyclic) bond motifs is 1. The molecule has 0 bridgehead atoms. The molecule has 92 valence electrons. The lowest BCUT2D eigenvalue weighted by Gasteiger charge is -2.00. The molecule has 0 spiro atoms. The highest BCUT2D eigenvalue weighted by Gasteiger charge is 2.27. The summed E-state index contributed by atoms with van der Waals surface area (Å²) in [5, 5.41) is 12.8. The van der Waals surface area contributed by atoms with E-state index in [-0.39, 0.29) is 12.2 Å². The molecule has 6 heteroatoms. The number of carbonyl (C=O) groups is 2. The van der Waals surface area contributed by atoms with Crippen molar-refractivity contribution < 1.29 is 19.4 Å². The Hall–Kier alpha value is -1.85. The van der Waals surface area contributed by atoms with Crippen LogP contribution in [0.4, 0.5) is 0 Å². The van der Waals surface area contributed by atoms with Crippen molar-refractivity contribution in [1.29, 1.82) is 0 Å². The summed E-state index contributed by atoms with van der Waals surface area (Å²) in [6, 6.07) is 0. The number of carbonyl (C=O) groups excluding carboxylic acids is 1. The zero-order valence-electron chi connectivity index (χ0n) is 9.60. The Morgan fingerprint density at radius 2 is 2.24 bits per heavy atom. The van der Waals surface area contributed by atoms with Gasteiger partial charge in [0.25, 0.3) is 0 Å². The van der Waals surface area contributed by atoms with E-state index in [2.05, 4.69) is 5.10 Å². The van der Waals surface area contributed by atoms with Gasteiger partial charge in [0.05, 0.1) is 6.61 Å². The molecule has 0 atom stereocenters. The summed E-state index contributed by atoms with van der Waals surface area (Å²) < 4.78 is 6.31. The highest BCUT2D eigenvalue weighted by atomic mass is 16.5. The third-order valence-electron chi connectivity index (χ3n) is 2.76. The average Bonchev–Trinajstić information content (AvgIpc) is 2.81. The molecule has 1 aliphatic carbocycles. The summed E-state index contributed by atoms with van der Waals surface area (Å²) in [4.78, 5) is 22.4. The Labute approximate surface area is 98.2 Å². The molecule has 17 heavy (non-hydrogen) atoms. The van der Waals surface area contributed by atoms with Crippen molar-refractivity contribution in [2.45, 2.75) is 32.7 Å². The summed E-state index contributed by atoms with van der Waals surface area (Å²) in [6.07, 6.45) is 2.47. The Bertz CT molecular complexity index is 464. The third kappa shape index (κ3) is 2.15. The summed E-state index contributed by atoms with van der Waals surface area (Å²) in [5.41, 5.74) is 1.99. The largest absolute Gasteiger partial charge is 0.480 e. The minimum absolute atomic E-state index is 0.207. The van der Waals surface area contributed by atoms with Gasteiger partial charge in [-0.05, 0) is 26.2 Å². The van der Waals surface area contributed by atoms with Crippen LogP contribution in [0, 0.1) is 0 Å². The molecule has 2 rings (SSSR count). The van der Waals surface area contributed by atoms with Crippen LogP contribution in [-0.4, -0.2) is 33.4 Å². The van der Waals surface area contributed by atoms with Gasteiger partial charge in [0.2, 0.25) is 0 Å². The number of carboxylic acids is 1. The molecule has 1 heterocycles. The zero-order valence-corrected chi connectivity index (χ0v) is 9.60. The van der Waals surface area contributed by atoms with Gasteiger partial charge < -0.3 is 9.84 Å². The van der Waals surface area contributed by atoms with Gasteiger partial charge in [-0.3, -0.25) is 9.48 Å². The molecule has 0 saturated carbocycles. The van der Waals surface area contributed by atoms with Gasteiger partial charge in [-0.1, -0.05) is 0 Å². The van der Waals surface area contributed by atoms with Crippen LogP contribution in [0.5, 0.6) is 0 Å². The molecule has 1 aromatic rings. The maximum Gasteiger partial charge on any atom is 0.359 e. The van der Waals surface area contributed by atoms with Crippen molar-refractivity contribution in [2.75, 3.05) is 6.61 Å². The van der Waals surface area contributed by atoms with Crippen LogP contribution in [0.2, 0.25) is 0 Å². The highest BCUT2D eigenvalue weighted by molar-refractivity contribution is 5.89. The van der Waals surface area contributed by atoms with E-state index in [1.165, 1.54) is 4.68 Å². The van der Waals surface area contributed by atoms with Gasteiger partial charge in [-0.2, -0.15) is 5.10 Å². The Morgan fingerprint density at radius 3 is 2.88 bits per heavy atom. The molecule has 0 radical (unpaired) electrons. The van der Waals surface area contributed by atoms with Crippen molar-refractivity contribution in [3.05, 3.63) is 17.0 Å². The highest BCUT2D eigenvalue weighted by Crippen LogP contribution is 2.25. The van der Waals surface area contributed by atoms with Gasteiger partial charge >= 0.3 is 11.9 Å². The number of hydrogen-bond donors (Lipinski definition) is 1. The lowest BCUT2D eigenvalue weighted by Crippen LogP contribution is -2.14. The normalized spacial score (nSPS) is 13.5. The molecule has 0 aliphatic heterocycles. The molecule has 0 aromatic carbocycles. The second kappa shape index (κ2) is 4.57. The maximum atomic E-state index is 11.7. The predicted molar refractivity (Wildman–Crippen MR) is 57.8 cm³/mol. The van der Waals surface area contributed by atoms with Crippen molar-refractivity contribution in [3.63, 3.8) is 0 Å². The van der Waals surface area contributed by atoms with Crippen LogP contribution < -0.4 is 0 Å². The predicted octanol–water partition coefficient (Wildman–Crippen LogP) is 0.633. The zero-order chi connectivity index (χ0) is 12.4. The quantitative estimate of drug-likeness (QED) is 0.778. The van der Waals surface area contributed by atoms with Crippen LogP contribution in [0.3, 0.4) is 0 Å². The van der Waals surface area contributed by atoms with E-state index in [4.69, 9.17) is 9.84 Å². The van der Waals surface area contributed by atoms with E-state index in [9.17, 15) is 9.59 Å². The SMILES string of the molecule is CCOC(=O)c1nn(CC(=O)O)c2c1CCC2. The Kier molecular flexibility index (Phi) is 3.12.